The van der Waals surface area contributed by atoms with Gasteiger partial charge >= 0.3 is 0 Å². The van der Waals surface area contributed by atoms with Crippen molar-refractivity contribution in [3.8, 4) is 22.6 Å². The number of rotatable bonds is 5. The highest BCUT2D eigenvalue weighted by molar-refractivity contribution is 8.14. The number of benzene rings is 2. The van der Waals surface area contributed by atoms with Crippen LogP contribution in [0, 0.1) is 6.92 Å². The summed E-state index contributed by atoms with van der Waals surface area (Å²) in [6, 6.07) is 9.86. The normalized spacial score (nSPS) is 13.9. The summed E-state index contributed by atoms with van der Waals surface area (Å²) in [5, 5.41) is 4.46. The predicted octanol–water partition coefficient (Wildman–Crippen LogP) is 5.05. The molecule has 1 aliphatic heterocycles. The maximum absolute atomic E-state index is 12.5. The van der Waals surface area contributed by atoms with Crippen LogP contribution >= 0.6 is 11.8 Å². The van der Waals surface area contributed by atoms with Gasteiger partial charge in [-0.05, 0) is 43.2 Å². The number of thioether (sulfide) groups is 1. The number of methoxy groups -OCH3 is 2. The lowest BCUT2D eigenvalue weighted by Gasteiger charge is -2.13. The number of carbonyl (C=O) groups excluding carboxylic acids is 1. The molecule has 1 N–H and O–H groups in total. The molecule has 0 aliphatic carbocycles. The highest BCUT2D eigenvalue weighted by Gasteiger charge is 2.19. The summed E-state index contributed by atoms with van der Waals surface area (Å²) in [6.45, 7) is 4.60. The molecule has 0 spiro atoms. The summed E-state index contributed by atoms with van der Waals surface area (Å²) in [6.07, 6.45) is 3.33. The van der Waals surface area contributed by atoms with Gasteiger partial charge in [0.15, 0.2) is 5.17 Å². The lowest BCUT2D eigenvalue weighted by atomic mass is 9.96. The third kappa shape index (κ3) is 4.18. The van der Waals surface area contributed by atoms with Gasteiger partial charge in [-0.3, -0.25) is 9.79 Å². The van der Waals surface area contributed by atoms with Crippen molar-refractivity contribution in [1.82, 2.24) is 5.32 Å². The van der Waals surface area contributed by atoms with Gasteiger partial charge in [0.05, 0.1) is 27.0 Å². The van der Waals surface area contributed by atoms with Crippen molar-refractivity contribution < 1.29 is 18.7 Å². The van der Waals surface area contributed by atoms with Crippen molar-refractivity contribution in [2.45, 2.75) is 13.8 Å². The molecule has 2 heterocycles. The van der Waals surface area contributed by atoms with Crippen LogP contribution in [0.3, 0.4) is 0 Å². The molecule has 1 aromatic heterocycles. The molecular weight excluding hydrogens is 412 g/mol. The Labute approximate surface area is 185 Å². The Hall–Kier alpha value is -3.19. The molecule has 0 atom stereocenters. The first-order valence-electron chi connectivity index (χ1n) is 9.92. The van der Waals surface area contributed by atoms with E-state index in [4.69, 9.17) is 13.9 Å². The van der Waals surface area contributed by atoms with Crippen molar-refractivity contribution in [3.05, 3.63) is 53.8 Å². The summed E-state index contributed by atoms with van der Waals surface area (Å²) in [4.78, 5) is 16.8. The SMILES string of the molecule is COc1cccc(-c2coc3c(C)c(OC)c(/C(C)=C/C(=O)NC4=NCCS4)cc23)c1. The standard InChI is InChI=1S/C24H24N2O4S/c1-14(10-21(27)26-24-25-8-9-31-24)18-12-19-20(16-6-5-7-17(11-16)28-3)13-30-23(19)15(2)22(18)29-4/h5-7,10-13H,8-9H2,1-4H3,(H,25,26,27)/b14-10+. The van der Waals surface area contributed by atoms with Gasteiger partial charge in [-0.2, -0.15) is 0 Å². The quantitative estimate of drug-likeness (QED) is 0.567. The van der Waals surface area contributed by atoms with Gasteiger partial charge in [0, 0.05) is 33.9 Å². The number of hydrogen-bond donors (Lipinski definition) is 1. The second-order valence-corrected chi connectivity index (χ2v) is 8.28. The monoisotopic (exact) mass is 436 g/mol. The minimum Gasteiger partial charge on any atom is -0.497 e. The second-order valence-electron chi connectivity index (χ2n) is 7.19. The number of aryl methyl sites for hydroxylation is 1. The Balaban J connectivity index is 1.79. The van der Waals surface area contributed by atoms with E-state index in [1.165, 1.54) is 0 Å². The summed E-state index contributed by atoms with van der Waals surface area (Å²) in [5.41, 5.74) is 5.22. The molecule has 0 fully saturated rings. The van der Waals surface area contributed by atoms with Crippen molar-refractivity contribution in [2.24, 2.45) is 4.99 Å². The third-order valence-electron chi connectivity index (χ3n) is 5.22. The molecule has 0 saturated heterocycles. The van der Waals surface area contributed by atoms with Gasteiger partial charge < -0.3 is 19.2 Å². The molecule has 31 heavy (non-hydrogen) atoms. The molecule has 6 nitrogen and oxygen atoms in total. The van der Waals surface area contributed by atoms with Gasteiger partial charge in [0.2, 0.25) is 5.91 Å². The Morgan fingerprint density at radius 3 is 2.81 bits per heavy atom. The number of hydrogen-bond acceptors (Lipinski definition) is 6. The fraction of sp³-hybridized carbons (Fsp3) is 0.250. The highest BCUT2D eigenvalue weighted by Crippen LogP contribution is 2.41. The maximum Gasteiger partial charge on any atom is 0.250 e. The first-order chi connectivity index (χ1) is 15.0. The summed E-state index contributed by atoms with van der Waals surface area (Å²) in [5.74, 6) is 2.16. The number of amides is 1. The largest absolute Gasteiger partial charge is 0.497 e. The molecule has 1 aliphatic rings. The molecular formula is C24H24N2O4S. The number of nitrogens with one attached hydrogen (secondary N) is 1. The number of ether oxygens (including phenoxy) is 2. The van der Waals surface area contributed by atoms with Gasteiger partial charge in [-0.15, -0.1) is 0 Å². The molecule has 0 radical (unpaired) electrons. The minimum atomic E-state index is -0.203. The van der Waals surface area contributed by atoms with Gasteiger partial charge in [-0.25, -0.2) is 0 Å². The number of carbonyl (C=O) groups is 1. The van der Waals surface area contributed by atoms with Crippen LogP contribution in [-0.4, -0.2) is 37.6 Å². The molecule has 3 aromatic rings. The average molecular weight is 437 g/mol. The topological polar surface area (TPSA) is 73.1 Å². The minimum absolute atomic E-state index is 0.203. The van der Waals surface area contributed by atoms with Crippen LogP contribution in [-0.2, 0) is 4.79 Å². The second kappa shape index (κ2) is 8.89. The van der Waals surface area contributed by atoms with Crippen molar-refractivity contribution in [3.63, 3.8) is 0 Å². The fourth-order valence-corrected chi connectivity index (χ4v) is 4.44. The van der Waals surface area contributed by atoms with Crippen LogP contribution in [0.25, 0.3) is 27.7 Å². The smallest absolute Gasteiger partial charge is 0.250 e. The number of nitrogens with zero attached hydrogens (tertiary/aromatic N) is 1. The van der Waals surface area contributed by atoms with Crippen molar-refractivity contribution in [2.75, 3.05) is 26.5 Å². The molecule has 4 rings (SSSR count). The average Bonchev–Trinajstić information content (AvgIpc) is 3.43. The zero-order valence-electron chi connectivity index (χ0n) is 17.9. The van der Waals surface area contributed by atoms with Crippen molar-refractivity contribution >= 4 is 39.4 Å². The van der Waals surface area contributed by atoms with Crippen LogP contribution in [0.15, 0.2) is 52.1 Å². The summed E-state index contributed by atoms with van der Waals surface area (Å²) < 4.78 is 17.0. The lowest BCUT2D eigenvalue weighted by Crippen LogP contribution is -2.25. The number of aliphatic imine (C=N–C) groups is 1. The number of allylic oxidation sites excluding steroid dienone is 1. The summed E-state index contributed by atoms with van der Waals surface area (Å²) in [7, 11) is 3.27. The van der Waals surface area contributed by atoms with Crippen LogP contribution in [0.2, 0.25) is 0 Å². The maximum atomic E-state index is 12.5. The first kappa shape index (κ1) is 21.1. The molecule has 0 saturated carbocycles. The van der Waals surface area contributed by atoms with E-state index < -0.39 is 0 Å². The summed E-state index contributed by atoms with van der Waals surface area (Å²) >= 11 is 1.55. The van der Waals surface area contributed by atoms with Gasteiger partial charge in [0.25, 0.3) is 0 Å². The number of amidine groups is 1. The van der Waals surface area contributed by atoms with E-state index in [1.54, 1.807) is 38.3 Å². The van der Waals surface area contributed by atoms with E-state index >= 15 is 0 Å². The predicted molar refractivity (Wildman–Crippen MR) is 126 cm³/mol. The van der Waals surface area contributed by atoms with Crippen LogP contribution in [0.5, 0.6) is 11.5 Å². The Kier molecular flexibility index (Phi) is 6.04. The van der Waals surface area contributed by atoms with E-state index in [9.17, 15) is 4.79 Å². The number of furan rings is 1. The van der Waals surface area contributed by atoms with Crippen molar-refractivity contribution in [1.29, 1.82) is 0 Å². The third-order valence-corrected chi connectivity index (χ3v) is 6.11. The van der Waals surface area contributed by atoms with E-state index in [0.29, 0.717) is 10.9 Å². The Bertz CT molecular complexity index is 1210. The van der Waals surface area contributed by atoms with Crippen LogP contribution in [0.4, 0.5) is 0 Å². The molecule has 0 unspecified atom stereocenters. The molecule has 0 bridgehead atoms. The zero-order chi connectivity index (χ0) is 22.0. The molecule has 1 amide bonds. The van der Waals surface area contributed by atoms with E-state index in [1.807, 2.05) is 44.2 Å². The Morgan fingerprint density at radius 2 is 2.10 bits per heavy atom. The van der Waals surface area contributed by atoms with Crippen LogP contribution in [0.1, 0.15) is 18.1 Å². The zero-order valence-corrected chi connectivity index (χ0v) is 18.8. The fourth-order valence-electron chi connectivity index (χ4n) is 3.71. The van der Waals surface area contributed by atoms with E-state index in [2.05, 4.69) is 10.3 Å². The van der Waals surface area contributed by atoms with E-state index in [0.717, 1.165) is 56.8 Å². The highest BCUT2D eigenvalue weighted by atomic mass is 32.2. The van der Waals surface area contributed by atoms with Gasteiger partial charge in [0.1, 0.15) is 17.1 Å². The molecule has 7 heteroatoms. The van der Waals surface area contributed by atoms with Crippen LogP contribution < -0.4 is 14.8 Å². The molecule has 2 aromatic carbocycles. The number of fused-ring (bicyclic) bond motifs is 1. The van der Waals surface area contributed by atoms with E-state index in [-0.39, 0.29) is 5.91 Å². The molecule has 160 valence electrons. The van der Waals surface area contributed by atoms with Gasteiger partial charge in [-0.1, -0.05) is 23.9 Å². The Morgan fingerprint density at radius 1 is 1.26 bits per heavy atom. The first-order valence-corrected chi connectivity index (χ1v) is 10.9. The lowest BCUT2D eigenvalue weighted by molar-refractivity contribution is -0.115.